The van der Waals surface area contributed by atoms with Crippen molar-refractivity contribution in [2.24, 2.45) is 0 Å². The summed E-state index contributed by atoms with van der Waals surface area (Å²) >= 11 is 1.19. The number of fused-ring (bicyclic) bond motifs is 1. The van der Waals surface area contributed by atoms with Gasteiger partial charge in [0.25, 0.3) is 5.56 Å². The molecule has 0 saturated carbocycles. The molecule has 0 N–H and O–H groups in total. The van der Waals surface area contributed by atoms with Crippen LogP contribution in [-0.2, 0) is 17.5 Å². The second-order valence-corrected chi connectivity index (χ2v) is 5.93. The van der Waals surface area contributed by atoms with Gasteiger partial charge in [0.05, 0.1) is 17.5 Å². The molecule has 3 nitrogen and oxygen atoms in total. The second-order valence-electron chi connectivity index (χ2n) is 5.02. The number of hydrogen-bond donors (Lipinski definition) is 0. The summed E-state index contributed by atoms with van der Waals surface area (Å²) in [4.78, 5) is 23.1. The van der Waals surface area contributed by atoms with E-state index in [1.165, 1.54) is 28.2 Å². The number of aromatic nitrogens is 1. The summed E-state index contributed by atoms with van der Waals surface area (Å²) in [6, 6.07) is 4.23. The van der Waals surface area contributed by atoms with Crippen LogP contribution in [0.25, 0.3) is 21.2 Å². The highest BCUT2D eigenvalue weighted by molar-refractivity contribution is 7.17. The van der Waals surface area contributed by atoms with Gasteiger partial charge in [0.1, 0.15) is 12.1 Å². The lowest BCUT2D eigenvalue weighted by molar-refractivity contribution is -0.139. The zero-order chi connectivity index (χ0) is 17.5. The summed E-state index contributed by atoms with van der Waals surface area (Å²) < 4.78 is 53.8. The molecule has 124 valence electrons. The monoisotopic (exact) mass is 355 g/mol. The van der Waals surface area contributed by atoms with E-state index in [0.29, 0.717) is 17.1 Å². The molecule has 0 fully saturated rings. The number of hydrogen-bond acceptors (Lipinski definition) is 3. The van der Waals surface area contributed by atoms with Gasteiger partial charge in [-0.2, -0.15) is 13.2 Å². The van der Waals surface area contributed by atoms with Crippen LogP contribution in [0.15, 0.2) is 40.6 Å². The SMILES string of the molecule is O=CCn1ccc2scc(-c3ccc(F)c(C(F)(F)F)c3)c2c1=O. The summed E-state index contributed by atoms with van der Waals surface area (Å²) in [6.07, 6.45) is -2.83. The molecule has 3 aromatic rings. The van der Waals surface area contributed by atoms with Gasteiger partial charge in [-0.05, 0) is 23.8 Å². The van der Waals surface area contributed by atoms with Crippen molar-refractivity contribution in [2.75, 3.05) is 0 Å². The first kappa shape index (κ1) is 16.4. The third-order valence-electron chi connectivity index (χ3n) is 3.55. The lowest BCUT2D eigenvalue weighted by atomic mass is 10.0. The maximum Gasteiger partial charge on any atom is 0.419 e. The maximum atomic E-state index is 13.4. The molecular formula is C16H9F4NO2S. The van der Waals surface area contributed by atoms with Crippen LogP contribution in [0.4, 0.5) is 17.6 Å². The molecular weight excluding hydrogens is 346 g/mol. The normalized spacial score (nSPS) is 11.8. The predicted octanol–water partition coefficient (Wildman–Crippen LogP) is 4.09. The average molecular weight is 355 g/mol. The molecule has 0 spiro atoms. The average Bonchev–Trinajstić information content (AvgIpc) is 2.94. The van der Waals surface area contributed by atoms with Crippen molar-refractivity contribution in [3.8, 4) is 11.1 Å². The minimum atomic E-state index is -4.83. The van der Waals surface area contributed by atoms with E-state index in [1.54, 1.807) is 11.4 Å². The van der Waals surface area contributed by atoms with Gasteiger partial charge in [-0.15, -0.1) is 11.3 Å². The molecule has 0 aliphatic rings. The summed E-state index contributed by atoms with van der Waals surface area (Å²) in [5.41, 5.74) is -1.49. The standard InChI is InChI=1S/C16H9F4NO2S/c17-12-2-1-9(7-11(12)16(18,19)20)10-8-24-13-3-4-21(5-6-22)15(23)14(10)13/h1-4,6-8H,5H2. The topological polar surface area (TPSA) is 39.1 Å². The van der Waals surface area contributed by atoms with E-state index >= 15 is 0 Å². The third-order valence-corrected chi connectivity index (χ3v) is 4.50. The van der Waals surface area contributed by atoms with Gasteiger partial charge in [-0.3, -0.25) is 4.79 Å². The smallest absolute Gasteiger partial charge is 0.308 e. The second kappa shape index (κ2) is 5.86. The Balaban J connectivity index is 2.26. The minimum absolute atomic E-state index is 0.0935. The van der Waals surface area contributed by atoms with Gasteiger partial charge in [0, 0.05) is 21.8 Å². The van der Waals surface area contributed by atoms with Crippen molar-refractivity contribution in [2.45, 2.75) is 12.7 Å². The highest BCUT2D eigenvalue weighted by atomic mass is 32.1. The fraction of sp³-hybridized carbons (Fsp3) is 0.125. The van der Waals surface area contributed by atoms with E-state index in [-0.39, 0.29) is 23.1 Å². The van der Waals surface area contributed by atoms with E-state index in [2.05, 4.69) is 0 Å². The molecule has 24 heavy (non-hydrogen) atoms. The summed E-state index contributed by atoms with van der Waals surface area (Å²) in [6.45, 7) is -0.152. The van der Waals surface area contributed by atoms with E-state index in [1.807, 2.05) is 0 Å². The van der Waals surface area contributed by atoms with Gasteiger partial charge < -0.3 is 9.36 Å². The minimum Gasteiger partial charge on any atom is -0.308 e. The Labute approximate surface area is 136 Å². The number of benzene rings is 1. The van der Waals surface area contributed by atoms with Crippen molar-refractivity contribution in [1.82, 2.24) is 4.57 Å². The van der Waals surface area contributed by atoms with E-state index < -0.39 is 23.1 Å². The van der Waals surface area contributed by atoms with Crippen molar-refractivity contribution in [1.29, 1.82) is 0 Å². The van der Waals surface area contributed by atoms with Crippen molar-refractivity contribution >= 4 is 27.7 Å². The van der Waals surface area contributed by atoms with Crippen LogP contribution in [0.5, 0.6) is 0 Å². The molecule has 1 aromatic carbocycles. The molecule has 8 heteroatoms. The number of pyridine rings is 1. The van der Waals surface area contributed by atoms with Crippen molar-refractivity contribution in [3.05, 3.63) is 57.6 Å². The summed E-state index contributed by atoms with van der Waals surface area (Å²) in [5, 5.41) is 1.76. The van der Waals surface area contributed by atoms with Gasteiger partial charge in [0.15, 0.2) is 0 Å². The first-order chi connectivity index (χ1) is 11.3. The Morgan fingerprint density at radius 1 is 1.21 bits per heavy atom. The Bertz CT molecular complexity index is 988. The molecule has 0 aliphatic carbocycles. The first-order valence-electron chi connectivity index (χ1n) is 6.74. The lowest BCUT2D eigenvalue weighted by Gasteiger charge is -2.10. The van der Waals surface area contributed by atoms with Crippen LogP contribution in [0, 0.1) is 5.82 Å². The van der Waals surface area contributed by atoms with Crippen molar-refractivity contribution < 1.29 is 22.4 Å². The number of thiophene rings is 1. The van der Waals surface area contributed by atoms with Crippen LogP contribution >= 0.6 is 11.3 Å². The molecule has 0 radical (unpaired) electrons. The first-order valence-corrected chi connectivity index (χ1v) is 7.62. The van der Waals surface area contributed by atoms with Gasteiger partial charge >= 0.3 is 6.18 Å². The molecule has 3 rings (SSSR count). The Morgan fingerprint density at radius 2 is 1.96 bits per heavy atom. The number of halogens is 4. The highest BCUT2D eigenvalue weighted by Crippen LogP contribution is 2.37. The zero-order valence-corrected chi connectivity index (χ0v) is 12.7. The van der Waals surface area contributed by atoms with Crippen LogP contribution in [0.1, 0.15) is 5.56 Å². The quantitative estimate of drug-likeness (QED) is 0.524. The van der Waals surface area contributed by atoms with Crippen LogP contribution in [0.2, 0.25) is 0 Å². The zero-order valence-electron chi connectivity index (χ0n) is 11.9. The molecule has 0 bridgehead atoms. The Hall–Kier alpha value is -2.48. The fourth-order valence-corrected chi connectivity index (χ4v) is 3.38. The molecule has 0 saturated heterocycles. The molecule has 2 aromatic heterocycles. The van der Waals surface area contributed by atoms with Gasteiger partial charge in [-0.25, -0.2) is 4.39 Å². The highest BCUT2D eigenvalue weighted by Gasteiger charge is 2.34. The molecule has 0 amide bonds. The number of carbonyl (C=O) groups is 1. The van der Waals surface area contributed by atoms with Crippen LogP contribution in [0.3, 0.4) is 0 Å². The number of alkyl halides is 3. The van der Waals surface area contributed by atoms with Crippen LogP contribution < -0.4 is 5.56 Å². The molecule has 0 atom stereocenters. The lowest BCUT2D eigenvalue weighted by Crippen LogP contribution is -2.19. The van der Waals surface area contributed by atoms with Gasteiger partial charge in [0.2, 0.25) is 0 Å². The third kappa shape index (κ3) is 2.73. The van der Waals surface area contributed by atoms with Gasteiger partial charge in [-0.1, -0.05) is 6.07 Å². The Kier molecular flexibility index (Phi) is 4.00. The number of nitrogens with zero attached hydrogens (tertiary/aromatic N) is 1. The predicted molar refractivity (Wildman–Crippen MR) is 82.5 cm³/mol. The summed E-state index contributed by atoms with van der Waals surface area (Å²) in [7, 11) is 0. The largest absolute Gasteiger partial charge is 0.419 e. The van der Waals surface area contributed by atoms with Crippen molar-refractivity contribution in [3.63, 3.8) is 0 Å². The fourth-order valence-electron chi connectivity index (χ4n) is 2.43. The Morgan fingerprint density at radius 3 is 2.62 bits per heavy atom. The van der Waals surface area contributed by atoms with E-state index in [0.717, 1.165) is 6.07 Å². The van der Waals surface area contributed by atoms with E-state index in [4.69, 9.17) is 0 Å². The number of aldehydes is 1. The summed E-state index contributed by atoms with van der Waals surface area (Å²) in [5.74, 6) is -1.37. The molecule has 0 unspecified atom stereocenters. The maximum absolute atomic E-state index is 13.4. The number of carbonyl (C=O) groups excluding carboxylic acids is 1. The van der Waals surface area contributed by atoms with Crippen LogP contribution in [-0.4, -0.2) is 10.9 Å². The van der Waals surface area contributed by atoms with E-state index in [9.17, 15) is 27.2 Å². The molecule has 2 heterocycles. The number of rotatable bonds is 3. The molecule has 0 aliphatic heterocycles.